The lowest BCUT2D eigenvalue weighted by Crippen LogP contribution is -2.60. The Balaban J connectivity index is 1.74. The maximum absolute atomic E-state index is 11.1. The van der Waals surface area contributed by atoms with Crippen LogP contribution in [0.25, 0.3) is 11.1 Å². The maximum Gasteiger partial charge on any atom is 0.335 e. The molecule has 0 unspecified atom stereocenters. The van der Waals surface area contributed by atoms with Gasteiger partial charge in [-0.25, -0.2) is 4.79 Å². The maximum atomic E-state index is 11.1. The van der Waals surface area contributed by atoms with Crippen LogP contribution in [0.1, 0.15) is 10.4 Å². The van der Waals surface area contributed by atoms with Gasteiger partial charge in [0.15, 0.2) is 0 Å². The zero-order valence-electron chi connectivity index (χ0n) is 14.2. The summed E-state index contributed by atoms with van der Waals surface area (Å²) in [5.41, 5.74) is 1.66. The lowest BCUT2D eigenvalue weighted by molar-refractivity contribution is -0.277. The summed E-state index contributed by atoms with van der Waals surface area (Å²) in [5, 5.41) is 47.8. The summed E-state index contributed by atoms with van der Waals surface area (Å²) in [6.07, 6.45) is -6.77. The van der Waals surface area contributed by atoms with Gasteiger partial charge < -0.3 is 35.0 Å². The Morgan fingerprint density at radius 2 is 1.67 bits per heavy atom. The lowest BCUT2D eigenvalue weighted by atomic mass is 9.99. The van der Waals surface area contributed by atoms with Gasteiger partial charge in [-0.05, 0) is 35.4 Å². The quantitative estimate of drug-likeness (QED) is 0.500. The third kappa shape index (κ3) is 4.10. The molecule has 1 aliphatic rings. The summed E-state index contributed by atoms with van der Waals surface area (Å²) in [6.45, 7) is -0.538. The molecule has 0 aromatic heterocycles. The fraction of sp³-hybridized carbons (Fsp3) is 0.316. The van der Waals surface area contributed by atoms with Crippen molar-refractivity contribution in [2.24, 2.45) is 0 Å². The monoisotopic (exact) mass is 376 g/mol. The van der Waals surface area contributed by atoms with Crippen LogP contribution in [0.2, 0.25) is 0 Å². The van der Waals surface area contributed by atoms with E-state index in [9.17, 15) is 25.2 Å². The van der Waals surface area contributed by atoms with Crippen LogP contribution in [-0.4, -0.2) is 68.8 Å². The van der Waals surface area contributed by atoms with Crippen molar-refractivity contribution in [1.29, 1.82) is 0 Å². The molecule has 2 aromatic carbocycles. The minimum absolute atomic E-state index is 0.175. The van der Waals surface area contributed by atoms with Crippen LogP contribution in [-0.2, 0) is 4.74 Å². The van der Waals surface area contributed by atoms with Gasteiger partial charge in [0.1, 0.15) is 30.2 Å². The lowest BCUT2D eigenvalue weighted by Gasteiger charge is -2.39. The van der Waals surface area contributed by atoms with Crippen molar-refractivity contribution in [3.05, 3.63) is 54.1 Å². The van der Waals surface area contributed by atoms with Gasteiger partial charge in [-0.1, -0.05) is 24.3 Å². The largest absolute Gasteiger partial charge is 0.478 e. The van der Waals surface area contributed by atoms with Crippen molar-refractivity contribution in [2.75, 3.05) is 6.61 Å². The Bertz CT molecular complexity index is 789. The molecule has 5 atom stereocenters. The highest BCUT2D eigenvalue weighted by atomic mass is 16.7. The second-order valence-corrected chi connectivity index (χ2v) is 6.23. The van der Waals surface area contributed by atoms with Gasteiger partial charge in [-0.2, -0.15) is 0 Å². The summed E-state index contributed by atoms with van der Waals surface area (Å²) >= 11 is 0. The van der Waals surface area contributed by atoms with E-state index in [0.717, 1.165) is 5.56 Å². The molecule has 1 fully saturated rings. The molecule has 0 amide bonds. The first-order valence-corrected chi connectivity index (χ1v) is 8.31. The number of rotatable bonds is 5. The Hall–Kier alpha value is -2.49. The number of ether oxygens (including phenoxy) is 2. The van der Waals surface area contributed by atoms with Gasteiger partial charge in [0.25, 0.3) is 0 Å². The Kier molecular flexibility index (Phi) is 5.73. The first kappa shape index (κ1) is 19.3. The van der Waals surface area contributed by atoms with Gasteiger partial charge in [-0.15, -0.1) is 0 Å². The number of carboxylic acids is 1. The average molecular weight is 376 g/mol. The third-order valence-corrected chi connectivity index (χ3v) is 4.40. The molecule has 1 heterocycles. The number of benzene rings is 2. The van der Waals surface area contributed by atoms with Gasteiger partial charge >= 0.3 is 5.97 Å². The van der Waals surface area contributed by atoms with E-state index >= 15 is 0 Å². The molecule has 0 spiro atoms. The summed E-state index contributed by atoms with van der Waals surface area (Å²) < 4.78 is 10.8. The third-order valence-electron chi connectivity index (χ3n) is 4.40. The standard InChI is InChI=1S/C19H20O8/c20-9-14-15(21)16(22)17(23)19(27-14)26-13-6-4-10(5-7-13)11-2-1-3-12(8-11)18(24)25/h1-8,14-17,19-23H,9H2,(H,24,25)/t14-,15-,16+,17+,19-/m1/s1. The summed E-state index contributed by atoms with van der Waals surface area (Å²) in [6, 6.07) is 13.1. The molecule has 3 rings (SSSR count). The van der Waals surface area contributed by atoms with Crippen molar-refractivity contribution in [3.8, 4) is 16.9 Å². The SMILES string of the molecule is O=C(O)c1cccc(-c2ccc(O[C@@H]3O[C@H](CO)[C@@H](O)[C@H](O)[C@@H]3O)cc2)c1. The predicted octanol–water partition coefficient (Wildman–Crippen LogP) is 0.230. The Morgan fingerprint density at radius 1 is 0.963 bits per heavy atom. The topological polar surface area (TPSA) is 137 Å². The average Bonchev–Trinajstić information content (AvgIpc) is 2.69. The molecule has 1 saturated heterocycles. The summed E-state index contributed by atoms with van der Waals surface area (Å²) in [7, 11) is 0. The molecule has 5 N–H and O–H groups in total. The van der Waals surface area contributed by atoms with E-state index < -0.39 is 43.3 Å². The molecule has 8 heteroatoms. The highest BCUT2D eigenvalue weighted by Gasteiger charge is 2.44. The van der Waals surface area contributed by atoms with Crippen LogP contribution < -0.4 is 4.74 Å². The van der Waals surface area contributed by atoms with E-state index in [4.69, 9.17) is 14.6 Å². The molecule has 0 bridgehead atoms. The minimum Gasteiger partial charge on any atom is -0.478 e. The van der Waals surface area contributed by atoms with Gasteiger partial charge in [0, 0.05) is 0 Å². The zero-order valence-corrected chi connectivity index (χ0v) is 14.2. The number of carbonyl (C=O) groups is 1. The van der Waals surface area contributed by atoms with Crippen LogP contribution in [0, 0.1) is 0 Å². The van der Waals surface area contributed by atoms with Crippen molar-refractivity contribution in [1.82, 2.24) is 0 Å². The molecule has 2 aromatic rings. The van der Waals surface area contributed by atoms with E-state index in [1.807, 2.05) is 0 Å². The normalized spacial score (nSPS) is 27.9. The van der Waals surface area contributed by atoms with E-state index in [-0.39, 0.29) is 5.56 Å². The van der Waals surface area contributed by atoms with Crippen LogP contribution in [0.4, 0.5) is 0 Å². The molecular weight excluding hydrogens is 356 g/mol. The van der Waals surface area contributed by atoms with Crippen molar-refractivity contribution in [3.63, 3.8) is 0 Å². The van der Waals surface area contributed by atoms with E-state index in [0.29, 0.717) is 11.3 Å². The summed E-state index contributed by atoms with van der Waals surface area (Å²) in [4.78, 5) is 11.1. The van der Waals surface area contributed by atoms with E-state index in [1.54, 1.807) is 42.5 Å². The van der Waals surface area contributed by atoms with Gasteiger partial charge in [0.2, 0.25) is 6.29 Å². The number of aliphatic hydroxyl groups is 4. The van der Waals surface area contributed by atoms with Crippen molar-refractivity contribution in [2.45, 2.75) is 30.7 Å². The first-order valence-electron chi connectivity index (χ1n) is 8.31. The van der Waals surface area contributed by atoms with Crippen LogP contribution in [0.15, 0.2) is 48.5 Å². The number of hydrogen-bond acceptors (Lipinski definition) is 7. The van der Waals surface area contributed by atoms with E-state index in [2.05, 4.69) is 0 Å². The van der Waals surface area contributed by atoms with Crippen LogP contribution in [0.5, 0.6) is 5.75 Å². The molecular formula is C19H20O8. The van der Waals surface area contributed by atoms with Gasteiger partial charge in [0.05, 0.1) is 12.2 Å². The second-order valence-electron chi connectivity index (χ2n) is 6.23. The van der Waals surface area contributed by atoms with Crippen LogP contribution >= 0.6 is 0 Å². The van der Waals surface area contributed by atoms with E-state index in [1.165, 1.54) is 6.07 Å². The Morgan fingerprint density at radius 3 is 2.30 bits per heavy atom. The molecule has 27 heavy (non-hydrogen) atoms. The first-order chi connectivity index (χ1) is 12.9. The molecule has 0 aliphatic carbocycles. The highest BCUT2D eigenvalue weighted by molar-refractivity contribution is 5.89. The van der Waals surface area contributed by atoms with Crippen LogP contribution in [0.3, 0.4) is 0 Å². The predicted molar refractivity (Wildman–Crippen MR) is 93.2 cm³/mol. The molecule has 0 radical (unpaired) electrons. The number of aromatic carboxylic acids is 1. The fourth-order valence-corrected chi connectivity index (χ4v) is 2.86. The molecule has 144 valence electrons. The van der Waals surface area contributed by atoms with Crippen molar-refractivity contribution >= 4 is 5.97 Å². The zero-order chi connectivity index (χ0) is 19.6. The van der Waals surface area contributed by atoms with Crippen molar-refractivity contribution < 1.29 is 39.8 Å². The number of carboxylic acid groups (broad SMARTS) is 1. The fourth-order valence-electron chi connectivity index (χ4n) is 2.86. The highest BCUT2D eigenvalue weighted by Crippen LogP contribution is 2.27. The summed E-state index contributed by atoms with van der Waals surface area (Å²) in [5.74, 6) is -0.683. The molecule has 8 nitrogen and oxygen atoms in total. The van der Waals surface area contributed by atoms with Gasteiger partial charge in [-0.3, -0.25) is 0 Å². The smallest absolute Gasteiger partial charge is 0.335 e. The number of hydrogen-bond donors (Lipinski definition) is 5. The second kappa shape index (κ2) is 8.03. The molecule has 1 aliphatic heterocycles. The molecule has 0 saturated carbocycles. The minimum atomic E-state index is -1.51. The Labute approximate surface area is 154 Å². The number of aliphatic hydroxyl groups excluding tert-OH is 4.